The van der Waals surface area contributed by atoms with Gasteiger partial charge >= 0.3 is 0 Å². The van der Waals surface area contributed by atoms with Crippen LogP contribution in [0, 0.1) is 11.3 Å². The van der Waals surface area contributed by atoms with Crippen LogP contribution in [0.4, 0.5) is 0 Å². The van der Waals surface area contributed by atoms with E-state index in [1.165, 1.54) is 0 Å². The van der Waals surface area contributed by atoms with Gasteiger partial charge in [0.1, 0.15) is 12.2 Å². The largest absolute Gasteiger partial charge is 0.377 e. The predicted octanol–water partition coefficient (Wildman–Crippen LogP) is 1.01. The van der Waals surface area contributed by atoms with E-state index < -0.39 is 0 Å². The summed E-state index contributed by atoms with van der Waals surface area (Å²) in [5.74, 6) is 0.910. The van der Waals surface area contributed by atoms with Crippen LogP contribution < -0.4 is 5.73 Å². The van der Waals surface area contributed by atoms with Gasteiger partial charge in [-0.1, -0.05) is 6.92 Å². The highest BCUT2D eigenvalue weighted by Gasteiger charge is 2.46. The smallest absolute Gasteiger partial charge is 0.230 e. The van der Waals surface area contributed by atoms with Crippen molar-refractivity contribution in [2.45, 2.75) is 44.8 Å². The topological polar surface area (TPSA) is 64.8 Å². The van der Waals surface area contributed by atoms with Gasteiger partial charge in [0.2, 0.25) is 5.91 Å². The Morgan fingerprint density at radius 2 is 1.70 bits per heavy atom. The molecule has 0 aromatic heterocycles. The number of carbonyl (C=O) groups excluding carboxylic acids is 1. The summed E-state index contributed by atoms with van der Waals surface area (Å²) in [6, 6.07) is 0. The Kier molecular flexibility index (Phi) is 5.04. The normalized spacial score (nSPS) is 38.2. The second-order valence-corrected chi connectivity index (χ2v) is 6.43. The van der Waals surface area contributed by atoms with Gasteiger partial charge in [0, 0.05) is 33.9 Å². The molecule has 2 fully saturated rings. The highest BCUT2D eigenvalue weighted by Crippen LogP contribution is 2.40. The fourth-order valence-corrected chi connectivity index (χ4v) is 3.52. The summed E-state index contributed by atoms with van der Waals surface area (Å²) in [6.45, 7) is 3.93. The van der Waals surface area contributed by atoms with Crippen LogP contribution in [0.2, 0.25) is 0 Å². The molecular weight excluding hydrogens is 256 g/mol. The summed E-state index contributed by atoms with van der Waals surface area (Å²) in [4.78, 5) is 14.8. The third-order valence-electron chi connectivity index (χ3n) is 5.18. The van der Waals surface area contributed by atoms with Crippen LogP contribution in [-0.2, 0) is 14.3 Å². The van der Waals surface area contributed by atoms with E-state index in [-0.39, 0.29) is 23.5 Å². The zero-order chi connectivity index (χ0) is 14.8. The Labute approximate surface area is 121 Å². The van der Waals surface area contributed by atoms with Crippen LogP contribution in [-0.4, -0.2) is 56.9 Å². The molecule has 0 aromatic carbocycles. The molecule has 0 bridgehead atoms. The third-order valence-corrected chi connectivity index (χ3v) is 5.18. The van der Waals surface area contributed by atoms with E-state index in [9.17, 15) is 4.79 Å². The van der Waals surface area contributed by atoms with Gasteiger partial charge in [-0.05, 0) is 31.6 Å². The van der Waals surface area contributed by atoms with Crippen molar-refractivity contribution in [1.82, 2.24) is 4.90 Å². The first kappa shape index (κ1) is 15.7. The first-order chi connectivity index (χ1) is 9.56. The lowest BCUT2D eigenvalue weighted by Gasteiger charge is -2.39. The second kappa shape index (κ2) is 6.41. The van der Waals surface area contributed by atoms with Crippen LogP contribution in [0.25, 0.3) is 0 Å². The fourth-order valence-electron chi connectivity index (χ4n) is 3.52. The van der Waals surface area contributed by atoms with Crippen LogP contribution in [0.15, 0.2) is 0 Å². The van der Waals surface area contributed by atoms with E-state index in [4.69, 9.17) is 15.2 Å². The van der Waals surface area contributed by atoms with Gasteiger partial charge < -0.3 is 20.1 Å². The maximum absolute atomic E-state index is 12.9. The summed E-state index contributed by atoms with van der Waals surface area (Å²) >= 11 is 0. The molecule has 2 rings (SSSR count). The van der Waals surface area contributed by atoms with Gasteiger partial charge in [-0.2, -0.15) is 0 Å². The van der Waals surface area contributed by atoms with E-state index >= 15 is 0 Å². The van der Waals surface area contributed by atoms with E-state index in [2.05, 4.69) is 6.92 Å². The number of hydrogen-bond acceptors (Lipinski definition) is 4. The summed E-state index contributed by atoms with van der Waals surface area (Å²) in [7, 11) is 3.34. The minimum absolute atomic E-state index is 0.0266. The lowest BCUT2D eigenvalue weighted by molar-refractivity contribution is -0.143. The van der Waals surface area contributed by atoms with Crippen molar-refractivity contribution in [3.8, 4) is 0 Å². The van der Waals surface area contributed by atoms with Gasteiger partial charge in [-0.25, -0.2) is 0 Å². The number of nitrogens with zero attached hydrogens (tertiary/aromatic N) is 1. The van der Waals surface area contributed by atoms with Gasteiger partial charge in [0.15, 0.2) is 0 Å². The maximum atomic E-state index is 12.9. The molecule has 1 heterocycles. The van der Waals surface area contributed by atoms with Crippen LogP contribution in [0.5, 0.6) is 0 Å². The molecule has 1 aliphatic carbocycles. The Morgan fingerprint density at radius 3 is 2.10 bits per heavy atom. The van der Waals surface area contributed by atoms with Gasteiger partial charge in [-0.3, -0.25) is 4.79 Å². The number of methoxy groups -OCH3 is 2. The summed E-state index contributed by atoms with van der Waals surface area (Å²) in [6.07, 6.45) is 3.96. The number of likely N-dealkylation sites (tertiary alicyclic amines) is 1. The molecule has 2 atom stereocenters. The first-order valence-corrected chi connectivity index (χ1v) is 7.61. The van der Waals surface area contributed by atoms with Gasteiger partial charge in [-0.15, -0.1) is 0 Å². The lowest BCUT2D eigenvalue weighted by Crippen LogP contribution is -2.49. The highest BCUT2D eigenvalue weighted by atomic mass is 16.5. The Hall–Kier alpha value is -0.650. The Balaban J connectivity index is 2.06. The standard InChI is InChI=1S/C15H28N2O3/c1-11-4-6-15(10-16,7-5-11)14(18)17-8-12(19-2)13(9-17)20-3/h11-13H,4-10,16H2,1-3H3. The molecule has 1 aliphatic heterocycles. The van der Waals surface area contributed by atoms with Crippen LogP contribution >= 0.6 is 0 Å². The summed E-state index contributed by atoms with van der Waals surface area (Å²) < 4.78 is 10.8. The third kappa shape index (κ3) is 2.85. The van der Waals surface area contributed by atoms with Gasteiger partial charge in [0.25, 0.3) is 0 Å². The van der Waals surface area contributed by atoms with Gasteiger partial charge in [0.05, 0.1) is 5.41 Å². The molecule has 0 aromatic rings. The molecule has 2 N–H and O–H groups in total. The summed E-state index contributed by atoms with van der Waals surface area (Å²) in [5.41, 5.74) is 5.62. The van der Waals surface area contributed by atoms with Crippen LogP contribution in [0.1, 0.15) is 32.6 Å². The van der Waals surface area contributed by atoms with Crippen molar-refractivity contribution < 1.29 is 14.3 Å². The Morgan fingerprint density at radius 1 is 1.20 bits per heavy atom. The molecule has 5 nitrogen and oxygen atoms in total. The molecule has 2 aliphatic rings. The summed E-state index contributed by atoms with van der Waals surface area (Å²) in [5, 5.41) is 0. The van der Waals surface area contributed by atoms with Crippen molar-refractivity contribution >= 4 is 5.91 Å². The molecule has 0 radical (unpaired) electrons. The molecule has 1 amide bonds. The number of carbonyl (C=O) groups is 1. The minimum atomic E-state index is -0.354. The molecule has 1 saturated heterocycles. The highest BCUT2D eigenvalue weighted by molar-refractivity contribution is 5.83. The minimum Gasteiger partial charge on any atom is -0.377 e. The maximum Gasteiger partial charge on any atom is 0.230 e. The van der Waals surface area contributed by atoms with E-state index in [0.717, 1.165) is 25.7 Å². The zero-order valence-corrected chi connectivity index (χ0v) is 12.9. The number of nitrogens with two attached hydrogens (primary N) is 1. The average Bonchev–Trinajstić information content (AvgIpc) is 2.91. The molecule has 2 unspecified atom stereocenters. The van der Waals surface area contributed by atoms with Crippen molar-refractivity contribution in [2.75, 3.05) is 33.9 Å². The first-order valence-electron chi connectivity index (χ1n) is 7.61. The SMILES string of the molecule is COC1CN(C(=O)C2(CN)CCC(C)CC2)CC1OC. The molecule has 116 valence electrons. The van der Waals surface area contributed by atoms with E-state index in [0.29, 0.717) is 25.6 Å². The number of ether oxygens (including phenoxy) is 2. The fraction of sp³-hybridized carbons (Fsp3) is 0.933. The monoisotopic (exact) mass is 284 g/mol. The van der Waals surface area contributed by atoms with Crippen LogP contribution in [0.3, 0.4) is 0 Å². The Bertz CT molecular complexity index is 328. The van der Waals surface area contributed by atoms with E-state index in [1.807, 2.05) is 4.90 Å². The van der Waals surface area contributed by atoms with Crippen molar-refractivity contribution in [2.24, 2.45) is 17.1 Å². The number of hydrogen-bond donors (Lipinski definition) is 1. The zero-order valence-electron chi connectivity index (χ0n) is 12.9. The molecule has 20 heavy (non-hydrogen) atoms. The molecular formula is C15H28N2O3. The average molecular weight is 284 g/mol. The van der Waals surface area contributed by atoms with Crippen molar-refractivity contribution in [1.29, 1.82) is 0 Å². The molecule has 1 saturated carbocycles. The second-order valence-electron chi connectivity index (χ2n) is 6.43. The van der Waals surface area contributed by atoms with E-state index in [1.54, 1.807) is 14.2 Å². The number of rotatable bonds is 4. The van der Waals surface area contributed by atoms with Crippen molar-refractivity contribution in [3.63, 3.8) is 0 Å². The van der Waals surface area contributed by atoms with Crippen molar-refractivity contribution in [3.05, 3.63) is 0 Å². The lowest BCUT2D eigenvalue weighted by atomic mass is 9.70. The number of amides is 1. The quantitative estimate of drug-likeness (QED) is 0.837. The molecule has 0 spiro atoms. The molecule has 5 heteroatoms. The predicted molar refractivity (Wildman–Crippen MR) is 77.3 cm³/mol.